The highest BCUT2D eigenvalue weighted by Crippen LogP contribution is 2.44. The first kappa shape index (κ1) is 19.6. The molecule has 5 rings (SSSR count). The minimum absolute atomic E-state index is 0.0417. The van der Waals surface area contributed by atoms with Crippen LogP contribution in [0, 0.1) is 0 Å². The van der Waals surface area contributed by atoms with Gasteiger partial charge in [0.2, 0.25) is 5.91 Å². The Morgan fingerprint density at radius 3 is 2.61 bits per heavy atom. The molecule has 0 aliphatic carbocycles. The van der Waals surface area contributed by atoms with Gasteiger partial charge in [0.25, 0.3) is 5.91 Å². The van der Waals surface area contributed by atoms with Crippen LogP contribution in [0.15, 0.2) is 48.7 Å². The van der Waals surface area contributed by atoms with Crippen LogP contribution in [-0.4, -0.2) is 40.3 Å². The molecule has 0 atom stereocenters. The molecule has 158 valence electrons. The van der Waals surface area contributed by atoms with Crippen molar-refractivity contribution in [2.45, 2.75) is 25.0 Å². The van der Waals surface area contributed by atoms with E-state index in [0.717, 1.165) is 5.56 Å². The molecule has 2 aliphatic heterocycles. The zero-order valence-corrected chi connectivity index (χ0v) is 17.4. The number of hydrogen-bond acceptors (Lipinski definition) is 4. The van der Waals surface area contributed by atoms with Crippen LogP contribution in [0.3, 0.4) is 0 Å². The van der Waals surface area contributed by atoms with Crippen molar-refractivity contribution in [2.24, 2.45) is 5.73 Å². The molecule has 0 radical (unpaired) electrons. The number of esters is 1. The lowest BCUT2D eigenvalue weighted by molar-refractivity contribution is -0.118. The molecule has 3 aromatic rings. The first-order valence-electron chi connectivity index (χ1n) is 10.1. The summed E-state index contributed by atoms with van der Waals surface area (Å²) < 4.78 is 7.43. The van der Waals surface area contributed by atoms with Gasteiger partial charge < -0.3 is 19.9 Å². The van der Waals surface area contributed by atoms with Crippen LogP contribution in [0.2, 0.25) is 5.02 Å². The van der Waals surface area contributed by atoms with E-state index < -0.39 is 11.5 Å². The first-order chi connectivity index (χ1) is 14.9. The van der Waals surface area contributed by atoms with Gasteiger partial charge in [-0.15, -0.1) is 0 Å². The lowest BCUT2D eigenvalue weighted by atomic mass is 9.83. The number of hydrogen-bond donors (Lipinski definition) is 1. The van der Waals surface area contributed by atoms with E-state index in [-0.39, 0.29) is 18.4 Å². The molecule has 0 bridgehead atoms. The number of nitrogens with two attached hydrogens (primary N) is 1. The van der Waals surface area contributed by atoms with Crippen molar-refractivity contribution in [2.75, 3.05) is 13.1 Å². The zero-order valence-electron chi connectivity index (χ0n) is 16.6. The number of halogens is 1. The Morgan fingerprint density at radius 1 is 1.13 bits per heavy atom. The molecule has 0 unspecified atom stereocenters. The average Bonchev–Trinajstić information content (AvgIpc) is 3.23. The van der Waals surface area contributed by atoms with Crippen molar-refractivity contribution in [3.05, 3.63) is 70.4 Å². The second-order valence-corrected chi connectivity index (χ2v) is 8.46. The second-order valence-electron chi connectivity index (χ2n) is 8.02. The van der Waals surface area contributed by atoms with Crippen LogP contribution >= 0.6 is 11.6 Å². The molecule has 2 aromatic carbocycles. The maximum absolute atomic E-state index is 13.4. The maximum Gasteiger partial charge on any atom is 0.339 e. The van der Waals surface area contributed by atoms with E-state index in [0.29, 0.717) is 53.0 Å². The van der Waals surface area contributed by atoms with Gasteiger partial charge in [-0.3, -0.25) is 9.59 Å². The van der Waals surface area contributed by atoms with E-state index >= 15 is 0 Å². The summed E-state index contributed by atoms with van der Waals surface area (Å²) in [5.74, 6) is -0.942. The number of primary amides is 1. The molecule has 2 N–H and O–H groups in total. The van der Waals surface area contributed by atoms with E-state index in [2.05, 4.69) is 0 Å². The number of carbonyl (C=O) groups excluding carboxylic acids is 3. The molecule has 1 fully saturated rings. The standard InChI is InChI=1S/C23H20ClN3O4/c24-14-5-6-15-17(12-27(13-20(25)28)19(15)11-14)21(29)26-9-7-23(8-10-26)18-4-2-1-3-16(18)22(30)31-23/h1-6,11-12H,7-10,13H2,(H2,25,28). The summed E-state index contributed by atoms with van der Waals surface area (Å²) in [6, 6.07) is 12.7. The number of likely N-dealkylation sites (tertiary alicyclic amines) is 1. The highest BCUT2D eigenvalue weighted by atomic mass is 35.5. The number of rotatable bonds is 3. The van der Waals surface area contributed by atoms with Gasteiger partial charge in [0.1, 0.15) is 12.1 Å². The lowest BCUT2D eigenvalue weighted by Gasteiger charge is -2.38. The largest absolute Gasteiger partial charge is 0.450 e. The number of carbonyl (C=O) groups is 3. The van der Waals surface area contributed by atoms with E-state index in [1.165, 1.54) is 0 Å². The number of piperidine rings is 1. The maximum atomic E-state index is 13.4. The van der Waals surface area contributed by atoms with Gasteiger partial charge in [-0.1, -0.05) is 35.9 Å². The van der Waals surface area contributed by atoms with Crippen molar-refractivity contribution in [1.82, 2.24) is 9.47 Å². The minimum Gasteiger partial charge on any atom is -0.450 e. The van der Waals surface area contributed by atoms with E-state index in [1.54, 1.807) is 39.9 Å². The van der Waals surface area contributed by atoms with Gasteiger partial charge in [-0.2, -0.15) is 0 Å². The van der Waals surface area contributed by atoms with Crippen LogP contribution in [0.25, 0.3) is 10.9 Å². The van der Waals surface area contributed by atoms with Crippen LogP contribution < -0.4 is 5.73 Å². The van der Waals surface area contributed by atoms with Gasteiger partial charge in [-0.05, 0) is 18.2 Å². The summed E-state index contributed by atoms with van der Waals surface area (Å²) >= 11 is 6.12. The quantitative estimate of drug-likeness (QED) is 0.637. The Hall–Kier alpha value is -3.32. The van der Waals surface area contributed by atoms with Crippen molar-refractivity contribution in [3.8, 4) is 0 Å². The minimum atomic E-state index is -0.669. The van der Waals surface area contributed by atoms with Crippen LogP contribution in [0.5, 0.6) is 0 Å². The van der Waals surface area contributed by atoms with Crippen molar-refractivity contribution < 1.29 is 19.1 Å². The molecular weight excluding hydrogens is 418 g/mol. The number of aromatic nitrogens is 1. The molecule has 2 aliphatic rings. The number of fused-ring (bicyclic) bond motifs is 3. The van der Waals surface area contributed by atoms with E-state index in [1.807, 2.05) is 18.2 Å². The molecule has 3 heterocycles. The molecule has 1 saturated heterocycles. The van der Waals surface area contributed by atoms with E-state index in [9.17, 15) is 14.4 Å². The molecule has 2 amide bonds. The van der Waals surface area contributed by atoms with Crippen molar-refractivity contribution >= 4 is 40.3 Å². The third-order valence-electron chi connectivity index (χ3n) is 6.19. The fraction of sp³-hybridized carbons (Fsp3) is 0.261. The van der Waals surface area contributed by atoms with Gasteiger partial charge in [0.15, 0.2) is 0 Å². The van der Waals surface area contributed by atoms with Crippen LogP contribution in [-0.2, 0) is 21.7 Å². The zero-order chi connectivity index (χ0) is 21.8. The molecular formula is C23H20ClN3O4. The summed E-state index contributed by atoms with van der Waals surface area (Å²) in [5, 5.41) is 1.23. The van der Waals surface area contributed by atoms with Gasteiger partial charge in [-0.25, -0.2) is 4.79 Å². The van der Waals surface area contributed by atoms with Crippen LogP contribution in [0.4, 0.5) is 0 Å². The molecule has 31 heavy (non-hydrogen) atoms. The molecule has 7 nitrogen and oxygen atoms in total. The Balaban J connectivity index is 1.42. The molecule has 8 heteroatoms. The third kappa shape index (κ3) is 3.16. The summed E-state index contributed by atoms with van der Waals surface area (Å²) in [4.78, 5) is 38.9. The van der Waals surface area contributed by atoms with Crippen molar-refractivity contribution in [1.29, 1.82) is 0 Å². The topological polar surface area (TPSA) is 94.6 Å². The fourth-order valence-electron chi connectivity index (χ4n) is 4.69. The van der Waals surface area contributed by atoms with Gasteiger partial charge in [0.05, 0.1) is 16.6 Å². The van der Waals surface area contributed by atoms with Crippen molar-refractivity contribution in [3.63, 3.8) is 0 Å². The SMILES string of the molecule is NC(=O)Cn1cc(C(=O)N2CCC3(CC2)OC(=O)c2ccccc23)c2ccc(Cl)cc21. The monoisotopic (exact) mass is 437 g/mol. The number of amides is 2. The highest BCUT2D eigenvalue weighted by Gasteiger charge is 2.47. The Morgan fingerprint density at radius 2 is 1.87 bits per heavy atom. The van der Waals surface area contributed by atoms with Gasteiger partial charge >= 0.3 is 5.97 Å². The third-order valence-corrected chi connectivity index (χ3v) is 6.42. The Kier molecular flexibility index (Phi) is 4.51. The molecule has 1 aromatic heterocycles. The average molecular weight is 438 g/mol. The summed E-state index contributed by atoms with van der Waals surface area (Å²) in [6.07, 6.45) is 2.73. The lowest BCUT2D eigenvalue weighted by Crippen LogP contribution is -2.45. The smallest absolute Gasteiger partial charge is 0.339 e. The van der Waals surface area contributed by atoms with Crippen LogP contribution in [0.1, 0.15) is 39.1 Å². The highest BCUT2D eigenvalue weighted by molar-refractivity contribution is 6.31. The normalized spacial score (nSPS) is 17.1. The molecule has 1 spiro atoms. The number of nitrogens with zero attached hydrogens (tertiary/aromatic N) is 2. The van der Waals surface area contributed by atoms with Gasteiger partial charge in [0, 0.05) is 48.1 Å². The Bertz CT molecular complexity index is 1240. The fourth-order valence-corrected chi connectivity index (χ4v) is 4.86. The number of benzene rings is 2. The Labute approximate surface area is 183 Å². The number of ether oxygens (including phenoxy) is 1. The predicted molar refractivity (Wildman–Crippen MR) is 115 cm³/mol. The van der Waals surface area contributed by atoms with E-state index in [4.69, 9.17) is 22.1 Å². The summed E-state index contributed by atoms with van der Waals surface area (Å²) in [7, 11) is 0. The summed E-state index contributed by atoms with van der Waals surface area (Å²) in [6.45, 7) is 0.868. The molecule has 0 saturated carbocycles. The summed E-state index contributed by atoms with van der Waals surface area (Å²) in [5.41, 5.74) is 7.38. The predicted octanol–water partition coefficient (Wildman–Crippen LogP) is 3.08. The second kappa shape index (κ2) is 7.13. The first-order valence-corrected chi connectivity index (χ1v) is 10.4.